The van der Waals surface area contributed by atoms with E-state index in [-0.39, 0.29) is 1.43 Å². The van der Waals surface area contributed by atoms with E-state index in [0.29, 0.717) is 12.1 Å². The summed E-state index contributed by atoms with van der Waals surface area (Å²) >= 11 is 1.99. The summed E-state index contributed by atoms with van der Waals surface area (Å²) < 4.78 is 2.60. The Morgan fingerprint density at radius 1 is 1.00 bits per heavy atom. The highest BCUT2D eigenvalue weighted by atomic mass is 32.2. The van der Waals surface area contributed by atoms with Gasteiger partial charge in [-0.25, -0.2) is 4.98 Å². The van der Waals surface area contributed by atoms with Gasteiger partial charge in [-0.3, -0.25) is 5.32 Å². The second-order valence-electron chi connectivity index (χ2n) is 9.34. The van der Waals surface area contributed by atoms with E-state index in [1.165, 1.54) is 88.8 Å². The molecule has 2 saturated heterocycles. The molecule has 0 spiro atoms. The van der Waals surface area contributed by atoms with Crippen molar-refractivity contribution in [3.05, 3.63) is 30.1 Å². The number of para-hydroxylation sites is 2. The number of hydrogen-bond donors (Lipinski definition) is 1. The van der Waals surface area contributed by atoms with Crippen molar-refractivity contribution in [1.82, 2.24) is 19.8 Å². The molecule has 3 heterocycles. The van der Waals surface area contributed by atoms with Crippen molar-refractivity contribution in [1.29, 1.82) is 0 Å². The molecule has 1 aromatic heterocycles. The number of hydrogen-bond acceptors (Lipinski definition) is 4. The highest BCUT2D eigenvalue weighted by molar-refractivity contribution is 7.99. The molecule has 0 radical (unpaired) electrons. The van der Waals surface area contributed by atoms with Gasteiger partial charge >= 0.3 is 0 Å². The van der Waals surface area contributed by atoms with Crippen LogP contribution in [0.15, 0.2) is 24.3 Å². The van der Waals surface area contributed by atoms with E-state index in [2.05, 4.69) is 39.0 Å². The fraction of sp³-hybridized carbons (Fsp3) is 0.708. The molecule has 1 aliphatic carbocycles. The predicted molar refractivity (Wildman–Crippen MR) is 126 cm³/mol. The third kappa shape index (κ3) is 4.52. The number of nitrogens with one attached hydrogen (secondary N) is 1. The Balaban J connectivity index is 0.00000218. The van der Waals surface area contributed by atoms with E-state index in [4.69, 9.17) is 4.98 Å². The van der Waals surface area contributed by atoms with Crippen molar-refractivity contribution in [2.24, 2.45) is 5.92 Å². The number of thioether (sulfide) groups is 1. The monoisotopic (exact) mass is 414 g/mol. The van der Waals surface area contributed by atoms with E-state index >= 15 is 0 Å². The molecule has 2 aliphatic heterocycles. The minimum Gasteiger partial charge on any atom is -0.323 e. The van der Waals surface area contributed by atoms with E-state index < -0.39 is 0 Å². The average molecular weight is 415 g/mol. The van der Waals surface area contributed by atoms with Gasteiger partial charge in [0.25, 0.3) is 0 Å². The first kappa shape index (κ1) is 19.9. The zero-order valence-corrected chi connectivity index (χ0v) is 18.5. The van der Waals surface area contributed by atoms with Crippen LogP contribution in [0.4, 0.5) is 0 Å². The zero-order chi connectivity index (χ0) is 19.5. The lowest BCUT2D eigenvalue weighted by atomic mass is 9.90. The standard InChI is InChI=1S/C24H36N4S.H2/c1-2-4-8-19(9-5-3-1)16-27-14-12-20(13-15-27)28-23-11-7-6-10-21(23)26-24(28)22-17-29-18-25-22;/h6-7,10-11,19-20,22,25H,1-5,8-9,12-18H2;1H/t22-;/m0./s1. The summed E-state index contributed by atoms with van der Waals surface area (Å²) in [4.78, 5) is 7.84. The SMILES string of the molecule is [HH].c1ccc2c(c1)nc([C@@H]1CSCN1)n2C1CCN(CC2CCCCCCC2)CC1. The molecule has 0 amide bonds. The van der Waals surface area contributed by atoms with Gasteiger partial charge in [-0.2, -0.15) is 0 Å². The molecule has 1 aromatic carbocycles. The second kappa shape index (κ2) is 9.40. The Labute approximate surface area is 181 Å². The quantitative estimate of drug-likeness (QED) is 0.704. The minimum absolute atomic E-state index is 0. The van der Waals surface area contributed by atoms with Crippen LogP contribution in [0.5, 0.6) is 0 Å². The predicted octanol–water partition coefficient (Wildman–Crippen LogP) is 5.61. The van der Waals surface area contributed by atoms with Crippen molar-refractivity contribution < 1.29 is 1.43 Å². The third-order valence-electron chi connectivity index (χ3n) is 7.31. The van der Waals surface area contributed by atoms with Gasteiger partial charge in [0.15, 0.2) is 0 Å². The van der Waals surface area contributed by atoms with E-state index in [9.17, 15) is 0 Å². The molecule has 1 N–H and O–H groups in total. The molecule has 3 aliphatic rings. The largest absolute Gasteiger partial charge is 0.323 e. The van der Waals surface area contributed by atoms with Crippen LogP contribution in [0.3, 0.4) is 0 Å². The fourth-order valence-corrected chi connectivity index (χ4v) is 6.64. The summed E-state index contributed by atoms with van der Waals surface area (Å²) in [6.45, 7) is 3.84. The minimum atomic E-state index is 0. The van der Waals surface area contributed by atoms with Gasteiger partial charge in [0.1, 0.15) is 5.82 Å². The number of rotatable bonds is 4. The number of imidazole rings is 1. The average Bonchev–Trinajstić information content (AvgIpc) is 3.38. The number of benzene rings is 1. The van der Waals surface area contributed by atoms with Crippen LogP contribution < -0.4 is 5.32 Å². The number of nitrogens with zero attached hydrogens (tertiary/aromatic N) is 3. The summed E-state index contributed by atoms with van der Waals surface area (Å²) in [5.74, 6) is 4.41. The first-order valence-corrected chi connectivity index (χ1v) is 13.0. The lowest BCUT2D eigenvalue weighted by molar-refractivity contribution is 0.151. The lowest BCUT2D eigenvalue weighted by Gasteiger charge is -2.36. The van der Waals surface area contributed by atoms with Gasteiger partial charge in [-0.15, -0.1) is 11.8 Å². The van der Waals surface area contributed by atoms with Gasteiger partial charge < -0.3 is 9.47 Å². The molecule has 1 atom stereocenters. The van der Waals surface area contributed by atoms with Gasteiger partial charge in [0.2, 0.25) is 0 Å². The van der Waals surface area contributed by atoms with Crippen molar-refractivity contribution in [3.63, 3.8) is 0 Å². The molecular formula is C24H38N4S. The maximum absolute atomic E-state index is 5.08. The molecule has 0 bridgehead atoms. The Hall–Kier alpha value is -1.04. The Kier molecular flexibility index (Phi) is 6.45. The molecule has 2 aromatic rings. The molecule has 5 rings (SSSR count). The van der Waals surface area contributed by atoms with Crippen LogP contribution in [0.1, 0.15) is 77.1 Å². The number of aromatic nitrogens is 2. The van der Waals surface area contributed by atoms with Crippen molar-refractivity contribution >= 4 is 22.8 Å². The summed E-state index contributed by atoms with van der Waals surface area (Å²) in [5.41, 5.74) is 2.50. The van der Waals surface area contributed by atoms with Crippen LogP contribution in [-0.4, -0.2) is 45.7 Å². The Bertz CT molecular complexity index is 788. The molecule has 0 unspecified atom stereocenters. The molecule has 1 saturated carbocycles. The van der Waals surface area contributed by atoms with Crippen LogP contribution in [0.25, 0.3) is 11.0 Å². The van der Waals surface area contributed by atoms with Gasteiger partial charge in [-0.05, 0) is 43.7 Å². The van der Waals surface area contributed by atoms with Crippen LogP contribution in [0.2, 0.25) is 0 Å². The normalized spacial score (nSPS) is 26.0. The van der Waals surface area contributed by atoms with Crippen LogP contribution >= 0.6 is 11.8 Å². The molecule has 3 fully saturated rings. The van der Waals surface area contributed by atoms with Gasteiger partial charge in [-0.1, -0.05) is 44.2 Å². The van der Waals surface area contributed by atoms with Gasteiger partial charge in [0, 0.05) is 38.7 Å². The lowest BCUT2D eigenvalue weighted by Crippen LogP contribution is -2.38. The maximum atomic E-state index is 5.08. The molecule has 5 heteroatoms. The highest BCUT2D eigenvalue weighted by Gasteiger charge is 2.29. The molecule has 4 nitrogen and oxygen atoms in total. The van der Waals surface area contributed by atoms with E-state index in [0.717, 1.165) is 23.1 Å². The number of piperidine rings is 1. The first-order valence-electron chi connectivity index (χ1n) is 11.9. The zero-order valence-electron chi connectivity index (χ0n) is 17.7. The smallest absolute Gasteiger partial charge is 0.128 e. The number of fused-ring (bicyclic) bond motifs is 1. The Morgan fingerprint density at radius 2 is 1.76 bits per heavy atom. The maximum Gasteiger partial charge on any atom is 0.128 e. The molecule has 29 heavy (non-hydrogen) atoms. The first-order chi connectivity index (χ1) is 14.4. The second-order valence-corrected chi connectivity index (χ2v) is 10.4. The number of likely N-dealkylation sites (tertiary alicyclic amines) is 1. The molecular weight excluding hydrogens is 376 g/mol. The summed E-state index contributed by atoms with van der Waals surface area (Å²) in [6, 6.07) is 9.75. The topological polar surface area (TPSA) is 33.1 Å². The molecule has 160 valence electrons. The van der Waals surface area contributed by atoms with Crippen molar-refractivity contribution in [2.45, 2.75) is 69.9 Å². The Morgan fingerprint density at radius 3 is 2.52 bits per heavy atom. The summed E-state index contributed by atoms with van der Waals surface area (Å²) in [6.07, 6.45) is 12.7. The third-order valence-corrected chi connectivity index (χ3v) is 8.25. The van der Waals surface area contributed by atoms with E-state index in [1.54, 1.807) is 0 Å². The van der Waals surface area contributed by atoms with Crippen LogP contribution in [-0.2, 0) is 0 Å². The van der Waals surface area contributed by atoms with E-state index in [1.807, 2.05) is 11.8 Å². The van der Waals surface area contributed by atoms with Gasteiger partial charge in [0.05, 0.1) is 17.1 Å². The fourth-order valence-electron chi connectivity index (χ4n) is 5.70. The highest BCUT2D eigenvalue weighted by Crippen LogP contribution is 2.34. The van der Waals surface area contributed by atoms with Crippen LogP contribution in [0, 0.1) is 5.92 Å². The van der Waals surface area contributed by atoms with Crippen molar-refractivity contribution in [3.8, 4) is 0 Å². The summed E-state index contributed by atoms with van der Waals surface area (Å²) in [5, 5.41) is 3.66. The van der Waals surface area contributed by atoms with Crippen molar-refractivity contribution in [2.75, 3.05) is 31.3 Å². The summed E-state index contributed by atoms with van der Waals surface area (Å²) in [7, 11) is 0.